The first-order valence-corrected chi connectivity index (χ1v) is 16.1. The zero-order valence-corrected chi connectivity index (χ0v) is 20.9. The van der Waals surface area contributed by atoms with E-state index >= 15 is 0 Å². The molecule has 2 aromatic carbocycles. The van der Waals surface area contributed by atoms with E-state index in [1.165, 1.54) is 37.7 Å². The summed E-state index contributed by atoms with van der Waals surface area (Å²) in [7, 11) is 9.87. The molecule has 0 amide bonds. The van der Waals surface area contributed by atoms with Gasteiger partial charge in [0, 0.05) is 23.4 Å². The summed E-state index contributed by atoms with van der Waals surface area (Å²) in [5.74, 6) is 0.367. The van der Waals surface area contributed by atoms with Gasteiger partial charge in [-0.2, -0.15) is 0 Å². The Kier molecular flexibility index (Phi) is 9.74. The van der Waals surface area contributed by atoms with Gasteiger partial charge < -0.3 is 5.11 Å². The Morgan fingerprint density at radius 2 is 1.61 bits per heavy atom. The van der Waals surface area contributed by atoms with Crippen molar-refractivity contribution in [2.75, 3.05) is 0 Å². The van der Waals surface area contributed by atoms with Gasteiger partial charge in [-0.3, -0.25) is 4.99 Å². The van der Waals surface area contributed by atoms with Crippen molar-refractivity contribution in [3.8, 4) is 16.9 Å². The molecule has 3 rings (SSSR count). The molecule has 0 aromatic heterocycles. The average molecular weight is 498 g/mol. The topological polar surface area (TPSA) is 32.6 Å². The first-order chi connectivity index (χ1) is 13.4. The van der Waals surface area contributed by atoms with Gasteiger partial charge in [-0.05, 0) is 41.5 Å². The standard InChI is InChI=1S/C23H29NO.2ClH.Zr/c1-23(2,3)21-15-18(17-10-6-4-7-11-17)14-19(22(21)25)16-24-20-12-8-5-9-13-20;;;/h4,6-7,10-11,14-16,20,25H,5,8-9,12-13H2,1-3H3;2*1H;/q;;;+2/p-2. The van der Waals surface area contributed by atoms with Gasteiger partial charge in [-0.25, -0.2) is 0 Å². The van der Waals surface area contributed by atoms with Gasteiger partial charge in [0.2, 0.25) is 0 Å². The van der Waals surface area contributed by atoms with E-state index in [1.807, 2.05) is 12.3 Å². The summed E-state index contributed by atoms with van der Waals surface area (Å²) in [4.78, 5) is 4.79. The number of halogens is 2. The summed E-state index contributed by atoms with van der Waals surface area (Å²) in [6.45, 7) is 6.41. The molecule has 150 valence electrons. The Morgan fingerprint density at radius 3 is 2.18 bits per heavy atom. The predicted molar refractivity (Wildman–Crippen MR) is 118 cm³/mol. The Balaban J connectivity index is 0.000000878. The second-order valence-electron chi connectivity index (χ2n) is 8.22. The van der Waals surface area contributed by atoms with Crippen LogP contribution in [0.4, 0.5) is 0 Å². The molecule has 0 atom stereocenters. The molecule has 1 aliphatic rings. The molecule has 0 aliphatic heterocycles. The number of nitrogens with zero attached hydrogens (tertiary/aromatic N) is 1. The van der Waals surface area contributed by atoms with Gasteiger partial charge in [0.25, 0.3) is 0 Å². The first-order valence-electron chi connectivity index (χ1n) is 9.79. The number of phenols is 1. The van der Waals surface area contributed by atoms with E-state index in [9.17, 15) is 5.11 Å². The fourth-order valence-corrected chi connectivity index (χ4v) is 3.54. The molecular weight excluding hydrogens is 468 g/mol. The molecule has 0 unspecified atom stereocenters. The van der Waals surface area contributed by atoms with Gasteiger partial charge in [-0.15, -0.1) is 0 Å². The van der Waals surface area contributed by atoms with Crippen LogP contribution in [0.1, 0.15) is 64.0 Å². The fraction of sp³-hybridized carbons (Fsp3) is 0.435. The van der Waals surface area contributed by atoms with Crippen molar-refractivity contribution in [2.45, 2.75) is 64.3 Å². The van der Waals surface area contributed by atoms with Crippen molar-refractivity contribution >= 4 is 23.2 Å². The predicted octanol–water partition coefficient (Wildman–Crippen LogP) is 7.48. The van der Waals surface area contributed by atoms with Crippen LogP contribution >= 0.6 is 17.0 Å². The zero-order chi connectivity index (χ0) is 20.6. The molecule has 1 saturated carbocycles. The molecule has 0 saturated heterocycles. The van der Waals surface area contributed by atoms with Crippen LogP contribution in [0.2, 0.25) is 0 Å². The van der Waals surface area contributed by atoms with E-state index < -0.39 is 20.8 Å². The number of benzene rings is 2. The summed E-state index contributed by atoms with van der Waals surface area (Å²) in [5, 5.41) is 10.8. The van der Waals surface area contributed by atoms with Crippen molar-refractivity contribution in [1.29, 1.82) is 0 Å². The van der Waals surface area contributed by atoms with E-state index in [0.29, 0.717) is 11.8 Å². The van der Waals surface area contributed by atoms with Crippen LogP contribution in [-0.2, 0) is 26.3 Å². The van der Waals surface area contributed by atoms with Crippen LogP contribution < -0.4 is 0 Å². The molecule has 0 bridgehead atoms. The van der Waals surface area contributed by atoms with Gasteiger partial charge in [0.15, 0.2) is 0 Å². The minimum absolute atomic E-state index is 0.123. The van der Waals surface area contributed by atoms with Gasteiger partial charge in [0.1, 0.15) is 5.75 Å². The van der Waals surface area contributed by atoms with Crippen molar-refractivity contribution in [2.24, 2.45) is 4.99 Å². The third-order valence-corrected chi connectivity index (χ3v) is 5.05. The average Bonchev–Trinajstić information content (AvgIpc) is 2.68. The molecule has 0 heterocycles. The van der Waals surface area contributed by atoms with Gasteiger partial charge in [-0.1, -0.05) is 70.4 Å². The van der Waals surface area contributed by atoms with Gasteiger partial charge >= 0.3 is 37.9 Å². The quantitative estimate of drug-likeness (QED) is 0.438. The van der Waals surface area contributed by atoms with Crippen LogP contribution in [0.15, 0.2) is 47.5 Å². The Bertz CT molecular complexity index is 766. The molecule has 1 aliphatic carbocycles. The monoisotopic (exact) mass is 495 g/mol. The summed E-state index contributed by atoms with van der Waals surface area (Å²) in [5.41, 5.74) is 3.98. The third-order valence-electron chi connectivity index (χ3n) is 5.05. The minimum atomic E-state index is -0.826. The summed E-state index contributed by atoms with van der Waals surface area (Å²) >= 11 is -0.826. The van der Waals surface area contributed by atoms with Crippen LogP contribution in [-0.4, -0.2) is 17.4 Å². The SMILES string of the molecule is CC(C)(C)c1cc(-c2ccccc2)cc(C=NC2CCCCC2)c1O.[Cl][Zr][Cl]. The molecule has 1 N–H and O–H groups in total. The number of hydrogen-bond donors (Lipinski definition) is 1. The van der Waals surface area contributed by atoms with Gasteiger partial charge in [0.05, 0.1) is 0 Å². The molecule has 28 heavy (non-hydrogen) atoms. The van der Waals surface area contributed by atoms with Crippen molar-refractivity contribution in [3.63, 3.8) is 0 Å². The molecule has 0 radical (unpaired) electrons. The van der Waals surface area contributed by atoms with E-state index in [4.69, 9.17) is 22.0 Å². The number of aliphatic imine (C=N–C) groups is 1. The number of hydrogen-bond acceptors (Lipinski definition) is 2. The maximum atomic E-state index is 10.8. The van der Waals surface area contributed by atoms with E-state index in [-0.39, 0.29) is 5.41 Å². The van der Waals surface area contributed by atoms with Crippen molar-refractivity contribution in [1.82, 2.24) is 0 Å². The Morgan fingerprint density at radius 1 is 1.00 bits per heavy atom. The number of rotatable bonds is 3. The molecule has 2 aromatic rings. The normalized spacial score (nSPS) is 15.2. The number of phenolic OH excluding ortho intramolecular Hbond substituents is 1. The van der Waals surface area contributed by atoms with Crippen LogP contribution in [0, 0.1) is 0 Å². The van der Waals surface area contributed by atoms with E-state index in [1.54, 1.807) is 0 Å². The van der Waals surface area contributed by atoms with E-state index in [2.05, 4.69) is 57.2 Å². The molecule has 1 fully saturated rings. The molecule has 0 spiro atoms. The fourth-order valence-electron chi connectivity index (χ4n) is 3.54. The molecule has 5 heteroatoms. The second kappa shape index (κ2) is 11.5. The second-order valence-corrected chi connectivity index (χ2v) is 12.0. The van der Waals surface area contributed by atoms with Crippen LogP contribution in [0.25, 0.3) is 11.1 Å². The Hall–Kier alpha value is -0.627. The van der Waals surface area contributed by atoms with Crippen LogP contribution in [0.3, 0.4) is 0 Å². The third kappa shape index (κ3) is 7.01. The summed E-state index contributed by atoms with van der Waals surface area (Å²) in [6.07, 6.45) is 8.10. The summed E-state index contributed by atoms with van der Waals surface area (Å²) in [6, 6.07) is 14.9. The summed E-state index contributed by atoms with van der Waals surface area (Å²) < 4.78 is 0. The maximum absolute atomic E-state index is 10.8. The first kappa shape index (κ1) is 23.7. The molecular formula is C23H29Cl2NOZr. The molecule has 2 nitrogen and oxygen atoms in total. The van der Waals surface area contributed by atoms with Crippen molar-refractivity contribution in [3.05, 3.63) is 53.6 Å². The number of aromatic hydroxyl groups is 1. The van der Waals surface area contributed by atoms with Crippen molar-refractivity contribution < 1.29 is 26.0 Å². The van der Waals surface area contributed by atoms with E-state index in [0.717, 1.165) is 16.7 Å². The van der Waals surface area contributed by atoms with Crippen LogP contribution in [0.5, 0.6) is 5.75 Å². The zero-order valence-electron chi connectivity index (χ0n) is 16.9. The Labute approximate surface area is 188 Å².